The van der Waals surface area contributed by atoms with Crippen LogP contribution in [-0.2, 0) is 0 Å². The maximum Gasteiger partial charge on any atom is 0.163 e. The molecule has 2 aromatic carbocycles. The summed E-state index contributed by atoms with van der Waals surface area (Å²) < 4.78 is 12.0. The molecule has 2 aliphatic rings. The third-order valence-electron chi connectivity index (χ3n) is 7.67. The standard InChI is InChI=1S/C30H40N4O2/c1-22-9-4-5-10-24(22)26-20-27(31-23-11-16-33(2)17-12-23)25-19-29(35-3)30(21-28(25)32-26)36-18-8-15-34-13-6-7-14-34/h4-5,9-10,19-21,23H,6-8,11-18H2,1-3H3,(H,31,32). The molecule has 36 heavy (non-hydrogen) atoms. The van der Waals surface area contributed by atoms with Crippen molar-refractivity contribution < 1.29 is 9.47 Å². The SMILES string of the molecule is COc1cc2c(NC3CCN(C)CC3)cc(-c3ccccc3C)nc2cc1OCCCN1CCCC1. The van der Waals surface area contributed by atoms with Crippen molar-refractivity contribution in [2.75, 3.05) is 58.8 Å². The summed E-state index contributed by atoms with van der Waals surface area (Å²) in [5, 5.41) is 4.94. The van der Waals surface area contributed by atoms with Crippen molar-refractivity contribution in [3.63, 3.8) is 0 Å². The number of fused-ring (bicyclic) bond motifs is 1. The Hall–Kier alpha value is -2.83. The minimum Gasteiger partial charge on any atom is -0.493 e. The van der Waals surface area contributed by atoms with Crippen molar-refractivity contribution in [3.8, 4) is 22.8 Å². The van der Waals surface area contributed by atoms with Crippen LogP contribution in [0.1, 0.15) is 37.7 Å². The number of methoxy groups -OCH3 is 1. The van der Waals surface area contributed by atoms with Gasteiger partial charge in [-0.2, -0.15) is 0 Å². The third-order valence-corrected chi connectivity index (χ3v) is 7.67. The van der Waals surface area contributed by atoms with Gasteiger partial charge in [-0.15, -0.1) is 0 Å². The van der Waals surface area contributed by atoms with Gasteiger partial charge in [-0.05, 0) is 90.0 Å². The number of benzene rings is 2. The molecule has 1 aromatic heterocycles. The first-order valence-corrected chi connectivity index (χ1v) is 13.5. The van der Waals surface area contributed by atoms with Gasteiger partial charge in [0.25, 0.3) is 0 Å². The number of likely N-dealkylation sites (tertiary alicyclic amines) is 2. The maximum absolute atomic E-state index is 6.25. The molecule has 1 N–H and O–H groups in total. The highest BCUT2D eigenvalue weighted by Crippen LogP contribution is 2.38. The van der Waals surface area contributed by atoms with Crippen LogP contribution in [0.2, 0.25) is 0 Å². The summed E-state index contributed by atoms with van der Waals surface area (Å²) in [6.45, 7) is 8.59. The van der Waals surface area contributed by atoms with Crippen molar-refractivity contribution in [2.24, 2.45) is 0 Å². The first kappa shape index (κ1) is 24.8. The van der Waals surface area contributed by atoms with Crippen LogP contribution in [0.5, 0.6) is 11.5 Å². The zero-order valence-corrected chi connectivity index (χ0v) is 22.1. The van der Waals surface area contributed by atoms with Gasteiger partial charge in [0.1, 0.15) is 0 Å². The van der Waals surface area contributed by atoms with E-state index in [9.17, 15) is 0 Å². The van der Waals surface area contributed by atoms with Crippen LogP contribution in [0.25, 0.3) is 22.2 Å². The lowest BCUT2D eigenvalue weighted by Gasteiger charge is -2.30. The number of rotatable bonds is 9. The van der Waals surface area contributed by atoms with Crippen LogP contribution in [0.3, 0.4) is 0 Å². The predicted molar refractivity (Wildman–Crippen MR) is 148 cm³/mol. The van der Waals surface area contributed by atoms with E-state index in [0.29, 0.717) is 12.6 Å². The van der Waals surface area contributed by atoms with Gasteiger partial charge in [0.2, 0.25) is 0 Å². The molecule has 0 bridgehead atoms. The molecule has 0 atom stereocenters. The van der Waals surface area contributed by atoms with E-state index in [1.54, 1.807) is 7.11 Å². The Morgan fingerprint density at radius 1 is 1.00 bits per heavy atom. The summed E-state index contributed by atoms with van der Waals surface area (Å²) in [5.41, 5.74) is 5.42. The van der Waals surface area contributed by atoms with E-state index in [-0.39, 0.29) is 0 Å². The van der Waals surface area contributed by atoms with Gasteiger partial charge < -0.3 is 24.6 Å². The molecule has 6 heteroatoms. The lowest BCUT2D eigenvalue weighted by Crippen LogP contribution is -2.36. The van der Waals surface area contributed by atoms with Crippen molar-refractivity contribution in [1.29, 1.82) is 0 Å². The molecule has 3 heterocycles. The van der Waals surface area contributed by atoms with Crippen molar-refractivity contribution in [1.82, 2.24) is 14.8 Å². The maximum atomic E-state index is 6.25. The van der Waals surface area contributed by atoms with E-state index < -0.39 is 0 Å². The highest BCUT2D eigenvalue weighted by atomic mass is 16.5. The van der Waals surface area contributed by atoms with Crippen molar-refractivity contribution >= 4 is 16.6 Å². The number of nitrogens with one attached hydrogen (secondary N) is 1. The van der Waals surface area contributed by atoms with Gasteiger partial charge in [-0.3, -0.25) is 0 Å². The molecular formula is C30H40N4O2. The van der Waals surface area contributed by atoms with Crippen LogP contribution >= 0.6 is 0 Å². The first-order chi connectivity index (χ1) is 17.6. The van der Waals surface area contributed by atoms with E-state index in [1.165, 1.54) is 31.5 Å². The average Bonchev–Trinajstić information content (AvgIpc) is 3.41. The molecule has 0 aliphatic carbocycles. The predicted octanol–water partition coefficient (Wildman–Crippen LogP) is 5.59. The minimum absolute atomic E-state index is 0.448. The molecule has 0 unspecified atom stereocenters. The smallest absolute Gasteiger partial charge is 0.163 e. The molecule has 2 fully saturated rings. The Morgan fingerprint density at radius 3 is 2.53 bits per heavy atom. The van der Waals surface area contributed by atoms with Crippen LogP contribution in [0, 0.1) is 6.92 Å². The molecule has 0 radical (unpaired) electrons. The van der Waals surface area contributed by atoms with E-state index >= 15 is 0 Å². The number of hydrogen-bond donors (Lipinski definition) is 1. The summed E-state index contributed by atoms with van der Waals surface area (Å²) in [6.07, 6.45) is 5.93. The number of ether oxygens (including phenoxy) is 2. The second-order valence-corrected chi connectivity index (χ2v) is 10.4. The lowest BCUT2D eigenvalue weighted by atomic mass is 10.0. The summed E-state index contributed by atoms with van der Waals surface area (Å²) in [5.74, 6) is 1.53. The topological polar surface area (TPSA) is 49.9 Å². The Morgan fingerprint density at radius 2 is 1.78 bits per heavy atom. The fraction of sp³-hybridized carbons (Fsp3) is 0.500. The van der Waals surface area contributed by atoms with Crippen LogP contribution in [0.4, 0.5) is 5.69 Å². The molecular weight excluding hydrogens is 448 g/mol. The summed E-state index contributed by atoms with van der Waals surface area (Å²) in [7, 11) is 3.92. The zero-order chi connectivity index (χ0) is 24.9. The number of pyridine rings is 1. The van der Waals surface area contributed by atoms with E-state index in [4.69, 9.17) is 14.5 Å². The monoisotopic (exact) mass is 488 g/mol. The van der Waals surface area contributed by atoms with Crippen LogP contribution in [0.15, 0.2) is 42.5 Å². The molecule has 2 saturated heterocycles. The zero-order valence-electron chi connectivity index (χ0n) is 22.1. The largest absolute Gasteiger partial charge is 0.493 e. The molecule has 2 aliphatic heterocycles. The lowest BCUT2D eigenvalue weighted by molar-refractivity contribution is 0.254. The Balaban J connectivity index is 1.45. The molecule has 5 rings (SSSR count). The Kier molecular flexibility index (Phi) is 7.93. The molecule has 0 spiro atoms. The summed E-state index contributed by atoms with van der Waals surface area (Å²) >= 11 is 0. The van der Waals surface area contributed by atoms with Crippen molar-refractivity contribution in [2.45, 2.75) is 45.1 Å². The molecule has 0 amide bonds. The summed E-state index contributed by atoms with van der Waals surface area (Å²) in [4.78, 5) is 10.0. The first-order valence-electron chi connectivity index (χ1n) is 13.5. The third kappa shape index (κ3) is 5.76. The highest BCUT2D eigenvalue weighted by molar-refractivity contribution is 5.96. The van der Waals surface area contributed by atoms with Crippen LogP contribution < -0.4 is 14.8 Å². The number of aryl methyl sites for hydroxylation is 1. The molecule has 3 aromatic rings. The Bertz CT molecular complexity index is 1170. The van der Waals surface area contributed by atoms with Gasteiger partial charge in [0.05, 0.1) is 24.9 Å². The fourth-order valence-corrected chi connectivity index (χ4v) is 5.47. The second-order valence-electron chi connectivity index (χ2n) is 10.4. The van der Waals surface area contributed by atoms with Crippen molar-refractivity contribution in [3.05, 3.63) is 48.0 Å². The number of hydrogen-bond acceptors (Lipinski definition) is 6. The normalized spacial score (nSPS) is 17.5. The molecule has 0 saturated carbocycles. The van der Waals surface area contributed by atoms with Crippen LogP contribution in [-0.4, -0.2) is 74.3 Å². The number of nitrogens with zero attached hydrogens (tertiary/aromatic N) is 3. The van der Waals surface area contributed by atoms with Gasteiger partial charge >= 0.3 is 0 Å². The quantitative estimate of drug-likeness (QED) is 0.396. The Labute approximate surface area is 215 Å². The molecule has 192 valence electrons. The van der Waals surface area contributed by atoms with Gasteiger partial charge in [-0.1, -0.05) is 24.3 Å². The summed E-state index contributed by atoms with van der Waals surface area (Å²) in [6, 6.07) is 15.3. The van der Waals surface area contributed by atoms with E-state index in [2.05, 4.69) is 71.6 Å². The molecule has 6 nitrogen and oxygen atoms in total. The average molecular weight is 489 g/mol. The number of aromatic nitrogens is 1. The number of anilines is 1. The van der Waals surface area contributed by atoms with Gasteiger partial charge in [0.15, 0.2) is 11.5 Å². The van der Waals surface area contributed by atoms with Gasteiger partial charge in [0, 0.05) is 35.3 Å². The van der Waals surface area contributed by atoms with Gasteiger partial charge in [-0.25, -0.2) is 4.98 Å². The van der Waals surface area contributed by atoms with E-state index in [1.807, 2.05) is 0 Å². The number of piperidine rings is 1. The second kappa shape index (κ2) is 11.5. The fourth-order valence-electron chi connectivity index (χ4n) is 5.47. The minimum atomic E-state index is 0.448. The van der Waals surface area contributed by atoms with E-state index in [0.717, 1.165) is 78.2 Å². The highest BCUT2D eigenvalue weighted by Gasteiger charge is 2.20.